The van der Waals surface area contributed by atoms with Crippen molar-refractivity contribution in [1.29, 1.82) is 0 Å². The summed E-state index contributed by atoms with van der Waals surface area (Å²) in [6.45, 7) is 9.69. The number of nitrogens with zero attached hydrogens (tertiary/aromatic N) is 2. The van der Waals surface area contributed by atoms with Crippen LogP contribution in [0.15, 0.2) is 18.2 Å². The van der Waals surface area contributed by atoms with Crippen molar-refractivity contribution in [2.75, 3.05) is 5.88 Å². The molecule has 0 aliphatic carbocycles. The van der Waals surface area contributed by atoms with E-state index >= 15 is 0 Å². The maximum absolute atomic E-state index is 13.9. The van der Waals surface area contributed by atoms with Crippen molar-refractivity contribution in [1.82, 2.24) is 9.55 Å². The van der Waals surface area contributed by atoms with Crippen LogP contribution < -0.4 is 0 Å². The van der Waals surface area contributed by atoms with Crippen LogP contribution in [0.4, 0.5) is 4.39 Å². The lowest BCUT2D eigenvalue weighted by Gasteiger charge is -2.30. The van der Waals surface area contributed by atoms with Gasteiger partial charge < -0.3 is 4.57 Å². The normalized spacial score (nSPS) is 12.6. The van der Waals surface area contributed by atoms with E-state index in [9.17, 15) is 4.39 Å². The van der Waals surface area contributed by atoms with Crippen molar-refractivity contribution in [2.45, 2.75) is 40.7 Å². The summed E-state index contributed by atoms with van der Waals surface area (Å²) in [6, 6.07) is 5.12. The quantitative estimate of drug-likeness (QED) is 0.735. The number of rotatable bonds is 5. The van der Waals surface area contributed by atoms with E-state index < -0.39 is 0 Å². The minimum Gasteiger partial charge on any atom is -0.327 e. The second-order valence-electron chi connectivity index (χ2n) is 6.30. The van der Waals surface area contributed by atoms with E-state index in [1.54, 1.807) is 6.07 Å². The highest BCUT2D eigenvalue weighted by Gasteiger charge is 2.25. The fraction of sp³-hybridized carbons (Fsp3) is 0.562. The molecule has 0 fully saturated rings. The van der Waals surface area contributed by atoms with Crippen LogP contribution in [0, 0.1) is 17.2 Å². The summed E-state index contributed by atoms with van der Waals surface area (Å²) >= 11 is 5.86. The van der Waals surface area contributed by atoms with Gasteiger partial charge in [-0.15, -0.1) is 11.6 Å². The molecule has 2 nitrogen and oxygen atoms in total. The lowest BCUT2D eigenvalue weighted by Crippen LogP contribution is -2.26. The Bertz CT molecular complexity index is 602. The number of imidazole rings is 1. The zero-order valence-electron chi connectivity index (χ0n) is 12.6. The molecule has 0 aliphatic heterocycles. The number of aromatic nitrogens is 2. The van der Waals surface area contributed by atoms with Gasteiger partial charge >= 0.3 is 0 Å². The zero-order chi connectivity index (χ0) is 14.9. The Hall–Kier alpha value is -1.09. The summed E-state index contributed by atoms with van der Waals surface area (Å²) in [7, 11) is 0. The smallest absolute Gasteiger partial charge is 0.151 e. The molecular weight excluding hydrogens is 275 g/mol. The molecule has 1 aromatic carbocycles. The van der Waals surface area contributed by atoms with Gasteiger partial charge in [0.25, 0.3) is 0 Å². The number of benzene rings is 1. The summed E-state index contributed by atoms with van der Waals surface area (Å²) in [4.78, 5) is 4.45. The molecule has 0 saturated heterocycles. The predicted molar refractivity (Wildman–Crippen MR) is 82.7 cm³/mol. The average Bonchev–Trinajstić information content (AvgIpc) is 2.69. The Labute approximate surface area is 125 Å². The highest BCUT2D eigenvalue weighted by molar-refractivity contribution is 6.17. The zero-order valence-corrected chi connectivity index (χ0v) is 13.3. The molecule has 0 bridgehead atoms. The molecule has 0 unspecified atom stereocenters. The molecule has 2 rings (SSSR count). The van der Waals surface area contributed by atoms with Crippen LogP contribution in [-0.2, 0) is 13.0 Å². The van der Waals surface area contributed by atoms with Crippen LogP contribution >= 0.6 is 11.6 Å². The Kier molecular flexibility index (Phi) is 4.38. The number of para-hydroxylation sites is 1. The molecular formula is C16H22ClFN2. The lowest BCUT2D eigenvalue weighted by molar-refractivity contribution is 0.210. The van der Waals surface area contributed by atoms with Crippen LogP contribution in [0.3, 0.4) is 0 Å². The minimum absolute atomic E-state index is 0.112. The fourth-order valence-electron chi connectivity index (χ4n) is 2.20. The first-order chi connectivity index (χ1) is 9.36. The number of hydrogen-bond donors (Lipinski definition) is 0. The van der Waals surface area contributed by atoms with E-state index in [4.69, 9.17) is 11.6 Å². The van der Waals surface area contributed by atoms with Gasteiger partial charge in [-0.25, -0.2) is 9.37 Å². The van der Waals surface area contributed by atoms with E-state index in [-0.39, 0.29) is 11.2 Å². The summed E-state index contributed by atoms with van der Waals surface area (Å²) in [5.74, 6) is 1.62. The largest absolute Gasteiger partial charge is 0.327 e. The van der Waals surface area contributed by atoms with Crippen molar-refractivity contribution in [3.05, 3.63) is 29.8 Å². The van der Waals surface area contributed by atoms with Gasteiger partial charge in [0.15, 0.2) is 5.82 Å². The van der Waals surface area contributed by atoms with Gasteiger partial charge in [0.05, 0.1) is 5.52 Å². The molecule has 1 heterocycles. The van der Waals surface area contributed by atoms with Crippen LogP contribution in [0.1, 0.15) is 33.5 Å². The Morgan fingerprint density at radius 1 is 1.35 bits per heavy atom. The average molecular weight is 297 g/mol. The predicted octanol–water partition coefficient (Wildman–Crippen LogP) is 4.64. The third kappa shape index (κ3) is 2.83. The molecule has 0 aliphatic rings. The number of aryl methyl sites for hydroxylation is 1. The molecule has 0 saturated carbocycles. The van der Waals surface area contributed by atoms with Crippen molar-refractivity contribution >= 4 is 22.6 Å². The summed E-state index contributed by atoms with van der Waals surface area (Å²) in [5.41, 5.74) is 1.42. The van der Waals surface area contributed by atoms with Gasteiger partial charge in [-0.2, -0.15) is 0 Å². The van der Waals surface area contributed by atoms with Crippen LogP contribution in [0.2, 0.25) is 0 Å². The van der Waals surface area contributed by atoms with Gasteiger partial charge in [-0.1, -0.05) is 33.8 Å². The second-order valence-corrected chi connectivity index (χ2v) is 6.68. The van der Waals surface area contributed by atoms with Crippen LogP contribution in [0.5, 0.6) is 0 Å². The minimum atomic E-state index is -0.264. The Balaban J connectivity index is 2.54. The standard InChI is InChI=1S/C16H22ClFN2/c1-11(2)16(3,4)10-20-13-7-5-6-12(18)15(13)19-14(20)8-9-17/h5-7,11H,8-10H2,1-4H3. The number of alkyl halides is 1. The summed E-state index contributed by atoms with van der Waals surface area (Å²) < 4.78 is 16.0. The van der Waals surface area contributed by atoms with E-state index in [1.807, 2.05) is 6.07 Å². The molecule has 1 aromatic heterocycles. The van der Waals surface area contributed by atoms with Crippen LogP contribution in [-0.4, -0.2) is 15.4 Å². The molecule has 0 atom stereocenters. The van der Waals surface area contributed by atoms with Crippen LogP contribution in [0.25, 0.3) is 11.0 Å². The summed E-state index contributed by atoms with van der Waals surface area (Å²) in [5, 5.41) is 0. The van der Waals surface area contributed by atoms with Gasteiger partial charge in [-0.05, 0) is 23.5 Å². The molecule has 110 valence electrons. The third-order valence-electron chi connectivity index (χ3n) is 4.26. The molecule has 0 amide bonds. The first kappa shape index (κ1) is 15.3. The molecule has 4 heteroatoms. The van der Waals surface area contributed by atoms with Gasteiger partial charge in [0.2, 0.25) is 0 Å². The van der Waals surface area contributed by atoms with E-state index in [0.29, 0.717) is 23.7 Å². The molecule has 0 spiro atoms. The van der Waals surface area contributed by atoms with Crippen molar-refractivity contribution in [2.24, 2.45) is 11.3 Å². The monoisotopic (exact) mass is 296 g/mol. The maximum atomic E-state index is 13.9. The first-order valence-corrected chi connectivity index (χ1v) is 7.60. The summed E-state index contributed by atoms with van der Waals surface area (Å²) in [6.07, 6.45) is 0.657. The fourth-order valence-corrected chi connectivity index (χ4v) is 2.37. The van der Waals surface area contributed by atoms with E-state index in [0.717, 1.165) is 17.9 Å². The molecule has 0 radical (unpaired) electrons. The molecule has 2 aromatic rings. The second kappa shape index (κ2) is 5.72. The number of hydrogen-bond acceptors (Lipinski definition) is 1. The third-order valence-corrected chi connectivity index (χ3v) is 4.44. The van der Waals surface area contributed by atoms with E-state index in [1.165, 1.54) is 6.07 Å². The molecule has 20 heavy (non-hydrogen) atoms. The van der Waals surface area contributed by atoms with Crippen molar-refractivity contribution in [3.8, 4) is 0 Å². The highest BCUT2D eigenvalue weighted by Crippen LogP contribution is 2.31. The first-order valence-electron chi connectivity index (χ1n) is 7.06. The SMILES string of the molecule is CC(C)C(C)(C)Cn1c(CCCl)nc2c(F)cccc21. The lowest BCUT2D eigenvalue weighted by atomic mass is 9.81. The van der Waals surface area contributed by atoms with E-state index in [2.05, 4.69) is 37.2 Å². The Morgan fingerprint density at radius 3 is 2.65 bits per heavy atom. The Morgan fingerprint density at radius 2 is 2.05 bits per heavy atom. The van der Waals surface area contributed by atoms with Gasteiger partial charge in [0.1, 0.15) is 11.3 Å². The number of halogens is 2. The maximum Gasteiger partial charge on any atom is 0.151 e. The topological polar surface area (TPSA) is 17.8 Å². The van der Waals surface area contributed by atoms with Gasteiger partial charge in [0, 0.05) is 18.8 Å². The highest BCUT2D eigenvalue weighted by atomic mass is 35.5. The van der Waals surface area contributed by atoms with Gasteiger partial charge in [-0.3, -0.25) is 0 Å². The van der Waals surface area contributed by atoms with Crippen molar-refractivity contribution < 1.29 is 4.39 Å². The van der Waals surface area contributed by atoms with Crippen molar-refractivity contribution in [3.63, 3.8) is 0 Å². The molecule has 0 N–H and O–H groups in total. The number of fused-ring (bicyclic) bond motifs is 1.